The van der Waals surface area contributed by atoms with E-state index in [4.69, 9.17) is 0 Å². The van der Waals surface area contributed by atoms with Gasteiger partial charge in [-0.15, -0.1) is 0 Å². The van der Waals surface area contributed by atoms with Gasteiger partial charge in [-0.3, -0.25) is 29.4 Å². The van der Waals surface area contributed by atoms with E-state index in [0.29, 0.717) is 29.6 Å². The molecule has 3 fully saturated rings. The molecule has 4 atom stereocenters. The van der Waals surface area contributed by atoms with Crippen molar-refractivity contribution in [3.63, 3.8) is 0 Å². The number of piperidine rings is 1. The summed E-state index contributed by atoms with van der Waals surface area (Å²) >= 11 is 0. The molecule has 8 nitrogen and oxygen atoms in total. The van der Waals surface area contributed by atoms with E-state index in [0.717, 1.165) is 29.5 Å². The fraction of sp³-hybridized carbons (Fsp3) is 0.565. The highest BCUT2D eigenvalue weighted by Crippen LogP contribution is 2.34. The Hall–Kier alpha value is -2.58. The quantitative estimate of drug-likeness (QED) is 0.608. The van der Waals surface area contributed by atoms with Gasteiger partial charge < -0.3 is 10.6 Å². The highest BCUT2D eigenvalue weighted by molar-refractivity contribution is 6.23. The summed E-state index contributed by atoms with van der Waals surface area (Å²) in [4.78, 5) is 50.3. The SMILES string of the molecule is O=C1CCC(N2C(=O)c3ccc(CNCC4CNC5CCCCC45)cc3C2=O)C(=O)N1. The average molecular weight is 425 g/mol. The zero-order valence-corrected chi connectivity index (χ0v) is 17.5. The minimum atomic E-state index is -0.926. The lowest BCUT2D eigenvalue weighted by Crippen LogP contribution is -2.54. The lowest BCUT2D eigenvalue weighted by atomic mass is 9.80. The van der Waals surface area contributed by atoms with Crippen molar-refractivity contribution in [1.82, 2.24) is 20.9 Å². The number of nitrogens with one attached hydrogen (secondary N) is 3. The first kappa shape index (κ1) is 20.3. The molecule has 8 heteroatoms. The standard InChI is InChI=1S/C23H28N4O4/c28-20-8-7-19(21(29)26-20)27-22(30)16-6-5-13(9-17(16)23(27)31)10-24-11-14-12-25-18-4-2-1-3-15(14)18/h5-6,9,14-15,18-19,24-25H,1-4,7-8,10-12H2,(H,26,28,29). The van der Waals surface area contributed by atoms with Crippen molar-refractivity contribution >= 4 is 23.6 Å². The van der Waals surface area contributed by atoms with Crippen LogP contribution < -0.4 is 16.0 Å². The number of fused-ring (bicyclic) bond motifs is 2. The number of amides is 4. The fourth-order valence-electron chi connectivity index (χ4n) is 5.68. The van der Waals surface area contributed by atoms with Gasteiger partial charge in [0.1, 0.15) is 6.04 Å². The van der Waals surface area contributed by atoms with Gasteiger partial charge >= 0.3 is 0 Å². The van der Waals surface area contributed by atoms with Crippen molar-refractivity contribution in [2.75, 3.05) is 13.1 Å². The molecule has 0 bridgehead atoms. The van der Waals surface area contributed by atoms with Crippen molar-refractivity contribution in [1.29, 1.82) is 0 Å². The largest absolute Gasteiger partial charge is 0.313 e. The number of nitrogens with zero attached hydrogens (tertiary/aromatic N) is 1. The molecule has 0 spiro atoms. The molecule has 5 rings (SSSR count). The molecule has 4 aliphatic rings. The Bertz CT molecular complexity index is 946. The minimum absolute atomic E-state index is 0.122. The Morgan fingerprint density at radius 3 is 2.65 bits per heavy atom. The Balaban J connectivity index is 1.23. The van der Waals surface area contributed by atoms with E-state index < -0.39 is 23.8 Å². The average Bonchev–Trinajstić information content (AvgIpc) is 3.28. The third kappa shape index (κ3) is 3.68. The summed E-state index contributed by atoms with van der Waals surface area (Å²) < 4.78 is 0. The highest BCUT2D eigenvalue weighted by Gasteiger charge is 2.44. The number of carbonyl (C=O) groups is 4. The molecule has 4 amide bonds. The zero-order valence-electron chi connectivity index (χ0n) is 17.5. The summed E-state index contributed by atoms with van der Waals surface area (Å²) in [6.45, 7) is 2.61. The first-order valence-electron chi connectivity index (χ1n) is 11.3. The van der Waals surface area contributed by atoms with Crippen LogP contribution in [-0.4, -0.2) is 53.7 Å². The number of hydrogen-bond acceptors (Lipinski definition) is 6. The van der Waals surface area contributed by atoms with Gasteiger partial charge in [-0.1, -0.05) is 18.9 Å². The summed E-state index contributed by atoms with van der Waals surface area (Å²) in [6, 6.07) is 5.03. The van der Waals surface area contributed by atoms with E-state index in [2.05, 4.69) is 16.0 Å². The Morgan fingerprint density at radius 2 is 1.81 bits per heavy atom. The van der Waals surface area contributed by atoms with E-state index in [1.54, 1.807) is 12.1 Å². The van der Waals surface area contributed by atoms with Crippen molar-refractivity contribution in [2.45, 2.75) is 57.2 Å². The number of hydrogen-bond donors (Lipinski definition) is 3. The maximum atomic E-state index is 12.9. The van der Waals surface area contributed by atoms with Crippen LogP contribution in [-0.2, 0) is 16.1 Å². The van der Waals surface area contributed by atoms with Crippen molar-refractivity contribution in [3.8, 4) is 0 Å². The molecule has 1 aromatic rings. The summed E-state index contributed by atoms with van der Waals surface area (Å²) in [5, 5.41) is 9.41. The molecule has 1 aromatic carbocycles. The second kappa shape index (κ2) is 8.16. The third-order valence-corrected chi connectivity index (χ3v) is 7.31. The minimum Gasteiger partial charge on any atom is -0.313 e. The van der Waals surface area contributed by atoms with Crippen LogP contribution in [0.3, 0.4) is 0 Å². The monoisotopic (exact) mass is 424 g/mol. The molecule has 3 aliphatic heterocycles. The van der Waals surface area contributed by atoms with E-state index in [-0.39, 0.29) is 18.7 Å². The fourth-order valence-corrected chi connectivity index (χ4v) is 5.68. The summed E-state index contributed by atoms with van der Waals surface area (Å²) in [6.07, 6.45) is 5.52. The topological polar surface area (TPSA) is 108 Å². The van der Waals surface area contributed by atoms with Crippen LogP contribution in [0.25, 0.3) is 0 Å². The molecule has 164 valence electrons. The molecular formula is C23H28N4O4. The zero-order chi connectivity index (χ0) is 21.5. The van der Waals surface area contributed by atoms with E-state index in [1.807, 2.05) is 6.07 Å². The summed E-state index contributed by atoms with van der Waals surface area (Å²) in [5.74, 6) is -0.494. The summed E-state index contributed by atoms with van der Waals surface area (Å²) in [5.41, 5.74) is 1.60. The maximum absolute atomic E-state index is 12.9. The van der Waals surface area contributed by atoms with Crippen LogP contribution in [0.1, 0.15) is 64.8 Å². The van der Waals surface area contributed by atoms with Gasteiger partial charge in [0.25, 0.3) is 11.8 Å². The Morgan fingerprint density at radius 1 is 1.00 bits per heavy atom. The first-order valence-corrected chi connectivity index (χ1v) is 11.3. The van der Waals surface area contributed by atoms with E-state index in [9.17, 15) is 19.2 Å². The van der Waals surface area contributed by atoms with Crippen LogP contribution in [0.15, 0.2) is 18.2 Å². The van der Waals surface area contributed by atoms with E-state index in [1.165, 1.54) is 25.7 Å². The lowest BCUT2D eigenvalue weighted by Gasteiger charge is -2.28. The van der Waals surface area contributed by atoms with Crippen LogP contribution in [0.4, 0.5) is 0 Å². The van der Waals surface area contributed by atoms with Gasteiger partial charge in [-0.2, -0.15) is 0 Å². The molecule has 4 unspecified atom stereocenters. The molecular weight excluding hydrogens is 396 g/mol. The molecule has 3 N–H and O–H groups in total. The summed E-state index contributed by atoms with van der Waals surface area (Å²) in [7, 11) is 0. The first-order chi connectivity index (χ1) is 15.0. The van der Waals surface area contributed by atoms with Crippen LogP contribution >= 0.6 is 0 Å². The number of carbonyl (C=O) groups excluding carboxylic acids is 4. The Kier molecular flexibility index (Phi) is 5.35. The molecule has 31 heavy (non-hydrogen) atoms. The van der Waals surface area contributed by atoms with Gasteiger partial charge in [0, 0.05) is 19.0 Å². The van der Waals surface area contributed by atoms with E-state index >= 15 is 0 Å². The van der Waals surface area contributed by atoms with Gasteiger partial charge in [0.2, 0.25) is 11.8 Å². The molecule has 0 aromatic heterocycles. The predicted octanol–water partition coefficient (Wildman–Crippen LogP) is 0.956. The lowest BCUT2D eigenvalue weighted by molar-refractivity contribution is -0.136. The third-order valence-electron chi connectivity index (χ3n) is 7.31. The number of imide groups is 2. The maximum Gasteiger partial charge on any atom is 0.262 e. The van der Waals surface area contributed by atoms with Gasteiger partial charge in [-0.05, 0) is 61.9 Å². The highest BCUT2D eigenvalue weighted by atomic mass is 16.2. The molecule has 2 saturated heterocycles. The molecule has 0 radical (unpaired) electrons. The van der Waals surface area contributed by atoms with Gasteiger partial charge in [-0.25, -0.2) is 0 Å². The molecule has 3 heterocycles. The molecule has 1 aliphatic carbocycles. The van der Waals surface area contributed by atoms with Crippen molar-refractivity contribution in [2.24, 2.45) is 11.8 Å². The van der Waals surface area contributed by atoms with Crippen LogP contribution in [0, 0.1) is 11.8 Å². The van der Waals surface area contributed by atoms with Gasteiger partial charge in [0.05, 0.1) is 11.1 Å². The normalized spacial score (nSPS) is 30.4. The second-order valence-electron chi connectivity index (χ2n) is 9.18. The van der Waals surface area contributed by atoms with Crippen molar-refractivity contribution in [3.05, 3.63) is 34.9 Å². The predicted molar refractivity (Wildman–Crippen MR) is 112 cm³/mol. The number of rotatable bonds is 5. The Labute approximate surface area is 181 Å². The van der Waals surface area contributed by atoms with Crippen LogP contribution in [0.2, 0.25) is 0 Å². The smallest absolute Gasteiger partial charge is 0.262 e. The molecule has 1 saturated carbocycles. The number of benzene rings is 1. The second-order valence-corrected chi connectivity index (χ2v) is 9.18. The van der Waals surface area contributed by atoms with Crippen molar-refractivity contribution < 1.29 is 19.2 Å². The van der Waals surface area contributed by atoms with Crippen LogP contribution in [0.5, 0.6) is 0 Å². The van der Waals surface area contributed by atoms with Gasteiger partial charge in [0.15, 0.2) is 0 Å².